The van der Waals surface area contributed by atoms with Crippen LogP contribution in [0.1, 0.15) is 22.5 Å². The second kappa shape index (κ2) is 5.58. The predicted molar refractivity (Wildman–Crippen MR) is 68.6 cm³/mol. The lowest BCUT2D eigenvalue weighted by atomic mass is 9.98. The van der Waals surface area contributed by atoms with Gasteiger partial charge in [0.1, 0.15) is 10.6 Å². The molecule has 1 fully saturated rings. The van der Waals surface area contributed by atoms with Crippen LogP contribution in [0.4, 0.5) is 0 Å². The molecule has 0 bridgehead atoms. The van der Waals surface area contributed by atoms with Gasteiger partial charge in [0.25, 0.3) is 5.91 Å². The molecule has 6 nitrogen and oxygen atoms in total. The Hall–Kier alpha value is -1.60. The quantitative estimate of drug-likeness (QED) is 0.858. The van der Waals surface area contributed by atoms with Crippen molar-refractivity contribution in [3.63, 3.8) is 0 Å². The lowest BCUT2D eigenvalue weighted by Gasteiger charge is -2.36. The van der Waals surface area contributed by atoms with Crippen LogP contribution in [0.15, 0.2) is 11.4 Å². The van der Waals surface area contributed by atoms with Crippen molar-refractivity contribution < 1.29 is 24.5 Å². The van der Waals surface area contributed by atoms with Gasteiger partial charge in [0.15, 0.2) is 6.04 Å². The highest BCUT2D eigenvalue weighted by Gasteiger charge is 2.39. The molecule has 1 aliphatic rings. The van der Waals surface area contributed by atoms with Gasteiger partial charge in [0.05, 0.1) is 13.2 Å². The third-order valence-corrected chi connectivity index (χ3v) is 4.04. The van der Waals surface area contributed by atoms with E-state index >= 15 is 0 Å². The van der Waals surface area contributed by atoms with Gasteiger partial charge in [-0.3, -0.25) is 4.79 Å². The summed E-state index contributed by atoms with van der Waals surface area (Å²) in [5.74, 6) is -1.16. The number of methoxy groups -OCH3 is 1. The van der Waals surface area contributed by atoms with E-state index in [9.17, 15) is 19.8 Å². The predicted octanol–water partition coefficient (Wildman–Crippen LogP) is 0.807. The highest BCUT2D eigenvalue weighted by molar-refractivity contribution is 7.12. The van der Waals surface area contributed by atoms with Crippen LogP contribution >= 0.6 is 11.3 Å². The van der Waals surface area contributed by atoms with Crippen LogP contribution in [0.5, 0.6) is 5.75 Å². The summed E-state index contributed by atoms with van der Waals surface area (Å²) in [5.41, 5.74) is 0. The molecule has 2 heterocycles. The molecule has 1 aromatic heterocycles. The topological polar surface area (TPSA) is 87.1 Å². The number of rotatable bonds is 3. The molecule has 2 unspecified atom stereocenters. The van der Waals surface area contributed by atoms with Crippen molar-refractivity contribution in [1.82, 2.24) is 4.90 Å². The van der Waals surface area contributed by atoms with E-state index in [1.165, 1.54) is 23.3 Å². The summed E-state index contributed by atoms with van der Waals surface area (Å²) in [6.07, 6.45) is -0.0478. The monoisotopic (exact) mass is 285 g/mol. The number of aliphatic hydroxyl groups excluding tert-OH is 1. The highest BCUT2D eigenvalue weighted by Crippen LogP contribution is 2.29. The smallest absolute Gasteiger partial charge is 0.329 e. The van der Waals surface area contributed by atoms with E-state index in [4.69, 9.17) is 4.74 Å². The van der Waals surface area contributed by atoms with Gasteiger partial charge in [-0.15, -0.1) is 11.3 Å². The van der Waals surface area contributed by atoms with Crippen LogP contribution in [0.3, 0.4) is 0 Å². The Bertz CT molecular complexity index is 486. The SMILES string of the molecule is COc1ccsc1C(=O)N1CCCC(O)C1C(=O)O. The number of thiophene rings is 1. The third kappa shape index (κ3) is 2.57. The maximum atomic E-state index is 12.4. The first-order valence-corrected chi connectivity index (χ1v) is 6.77. The van der Waals surface area contributed by atoms with Crippen molar-refractivity contribution >= 4 is 23.2 Å². The van der Waals surface area contributed by atoms with E-state index in [0.717, 1.165) is 0 Å². The number of hydrogen-bond acceptors (Lipinski definition) is 5. The Morgan fingerprint density at radius 3 is 2.89 bits per heavy atom. The summed E-state index contributed by atoms with van der Waals surface area (Å²) < 4.78 is 5.07. The Morgan fingerprint density at radius 2 is 2.26 bits per heavy atom. The number of ether oxygens (including phenoxy) is 1. The number of amides is 1. The lowest BCUT2D eigenvalue weighted by Crippen LogP contribution is -2.54. The van der Waals surface area contributed by atoms with Crippen LogP contribution in [0, 0.1) is 0 Å². The minimum Gasteiger partial charge on any atom is -0.495 e. The standard InChI is InChI=1S/C12H15NO5S/c1-18-8-4-6-19-10(8)11(15)13-5-2-3-7(14)9(13)12(16)17/h4,6-7,9,14H,2-3,5H2,1H3,(H,16,17). The van der Waals surface area contributed by atoms with Crippen molar-refractivity contribution in [3.05, 3.63) is 16.3 Å². The number of nitrogens with zero attached hydrogens (tertiary/aromatic N) is 1. The molecular weight excluding hydrogens is 270 g/mol. The fourth-order valence-corrected chi connectivity index (χ4v) is 3.06. The van der Waals surface area contributed by atoms with Gasteiger partial charge in [0, 0.05) is 6.54 Å². The fraction of sp³-hybridized carbons (Fsp3) is 0.500. The van der Waals surface area contributed by atoms with Crippen molar-refractivity contribution in [2.24, 2.45) is 0 Å². The van der Waals surface area contributed by atoms with E-state index in [1.807, 2.05) is 0 Å². The molecule has 0 spiro atoms. The van der Waals surface area contributed by atoms with Gasteiger partial charge in [-0.25, -0.2) is 4.79 Å². The number of carbonyl (C=O) groups excluding carboxylic acids is 1. The maximum Gasteiger partial charge on any atom is 0.329 e. The first kappa shape index (κ1) is 13.8. The van der Waals surface area contributed by atoms with Crippen molar-refractivity contribution in [2.45, 2.75) is 25.0 Å². The van der Waals surface area contributed by atoms with Crippen molar-refractivity contribution in [2.75, 3.05) is 13.7 Å². The zero-order valence-electron chi connectivity index (χ0n) is 10.4. The Balaban J connectivity index is 2.28. The molecule has 1 saturated heterocycles. The summed E-state index contributed by atoms with van der Waals surface area (Å²) >= 11 is 1.20. The summed E-state index contributed by atoms with van der Waals surface area (Å²) in [6, 6.07) is 0.474. The van der Waals surface area contributed by atoms with Crippen LogP contribution in [-0.4, -0.2) is 52.8 Å². The van der Waals surface area contributed by atoms with E-state index in [0.29, 0.717) is 30.0 Å². The molecular formula is C12H15NO5S. The van der Waals surface area contributed by atoms with Crippen LogP contribution in [0.2, 0.25) is 0 Å². The van der Waals surface area contributed by atoms with E-state index in [1.54, 1.807) is 11.4 Å². The molecule has 7 heteroatoms. The number of hydrogen-bond donors (Lipinski definition) is 2. The van der Waals surface area contributed by atoms with Gasteiger partial charge in [-0.05, 0) is 24.3 Å². The maximum absolute atomic E-state index is 12.4. The van der Waals surface area contributed by atoms with Gasteiger partial charge < -0.3 is 19.8 Å². The first-order chi connectivity index (χ1) is 9.06. The van der Waals surface area contributed by atoms with E-state index in [-0.39, 0.29) is 0 Å². The first-order valence-electron chi connectivity index (χ1n) is 5.89. The van der Waals surface area contributed by atoms with Gasteiger partial charge in [-0.1, -0.05) is 0 Å². The average molecular weight is 285 g/mol. The second-order valence-corrected chi connectivity index (χ2v) is 5.23. The van der Waals surface area contributed by atoms with Crippen LogP contribution in [-0.2, 0) is 4.79 Å². The Labute approximate surface area is 114 Å². The number of carbonyl (C=O) groups is 2. The zero-order valence-corrected chi connectivity index (χ0v) is 11.2. The van der Waals surface area contributed by atoms with E-state index < -0.39 is 24.0 Å². The Morgan fingerprint density at radius 1 is 1.53 bits per heavy atom. The minimum atomic E-state index is -1.19. The third-order valence-electron chi connectivity index (χ3n) is 3.16. The zero-order chi connectivity index (χ0) is 14.0. The fourth-order valence-electron chi connectivity index (χ4n) is 2.25. The normalized spacial score (nSPS) is 23.2. The molecule has 2 rings (SSSR count). The number of aliphatic hydroxyl groups is 1. The van der Waals surface area contributed by atoms with Gasteiger partial charge in [-0.2, -0.15) is 0 Å². The molecule has 1 aromatic rings. The minimum absolute atomic E-state index is 0.327. The molecule has 0 saturated carbocycles. The summed E-state index contributed by atoms with van der Waals surface area (Å²) in [4.78, 5) is 25.2. The lowest BCUT2D eigenvalue weighted by molar-refractivity contribution is -0.148. The van der Waals surface area contributed by atoms with Gasteiger partial charge in [0.2, 0.25) is 0 Å². The molecule has 0 radical (unpaired) electrons. The average Bonchev–Trinajstić information content (AvgIpc) is 2.85. The number of carboxylic acid groups (broad SMARTS) is 1. The van der Waals surface area contributed by atoms with Crippen LogP contribution < -0.4 is 4.74 Å². The summed E-state index contributed by atoms with van der Waals surface area (Å²) in [6.45, 7) is 0.327. The molecule has 1 amide bonds. The molecule has 2 atom stereocenters. The van der Waals surface area contributed by atoms with Crippen LogP contribution in [0.25, 0.3) is 0 Å². The number of piperidine rings is 1. The molecule has 0 aliphatic carbocycles. The number of aliphatic carboxylic acids is 1. The molecule has 19 heavy (non-hydrogen) atoms. The Kier molecular flexibility index (Phi) is 4.06. The van der Waals surface area contributed by atoms with Crippen molar-refractivity contribution in [3.8, 4) is 5.75 Å². The summed E-state index contributed by atoms with van der Waals surface area (Å²) in [7, 11) is 1.46. The number of likely N-dealkylation sites (tertiary alicyclic amines) is 1. The molecule has 1 aliphatic heterocycles. The second-order valence-electron chi connectivity index (χ2n) is 4.31. The number of carboxylic acids is 1. The molecule has 0 aromatic carbocycles. The van der Waals surface area contributed by atoms with Crippen molar-refractivity contribution in [1.29, 1.82) is 0 Å². The highest BCUT2D eigenvalue weighted by atomic mass is 32.1. The van der Waals surface area contributed by atoms with E-state index in [2.05, 4.69) is 0 Å². The molecule has 2 N–H and O–H groups in total. The van der Waals surface area contributed by atoms with Gasteiger partial charge >= 0.3 is 5.97 Å². The largest absolute Gasteiger partial charge is 0.495 e. The summed E-state index contributed by atoms with van der Waals surface area (Å²) in [5, 5.41) is 20.7. The molecule has 104 valence electrons.